The predicted octanol–water partition coefficient (Wildman–Crippen LogP) is 5.82. The highest BCUT2D eigenvalue weighted by atomic mass is 16.5. The molecule has 0 amide bonds. The Hall–Kier alpha value is -2.91. The highest BCUT2D eigenvalue weighted by Crippen LogP contribution is 2.49. The second-order valence-corrected chi connectivity index (χ2v) is 8.36. The summed E-state index contributed by atoms with van der Waals surface area (Å²) in [7, 11) is 0. The zero-order valence-electron chi connectivity index (χ0n) is 16.4. The van der Waals surface area contributed by atoms with E-state index in [1.807, 2.05) is 12.3 Å². The van der Waals surface area contributed by atoms with Gasteiger partial charge in [0.25, 0.3) is 0 Å². The van der Waals surface area contributed by atoms with Crippen molar-refractivity contribution in [2.75, 3.05) is 0 Å². The zero-order valence-corrected chi connectivity index (χ0v) is 16.4. The van der Waals surface area contributed by atoms with Crippen LogP contribution in [0, 0.1) is 0 Å². The number of piperidine rings is 1. The first-order valence-electron chi connectivity index (χ1n) is 10.6. The summed E-state index contributed by atoms with van der Waals surface area (Å²) >= 11 is 0. The summed E-state index contributed by atoms with van der Waals surface area (Å²) in [5, 5.41) is 0. The molecule has 3 aliphatic rings. The van der Waals surface area contributed by atoms with E-state index in [9.17, 15) is 0 Å². The summed E-state index contributed by atoms with van der Waals surface area (Å²) in [4.78, 5) is 7.27. The van der Waals surface area contributed by atoms with Crippen molar-refractivity contribution in [1.29, 1.82) is 0 Å². The largest absolute Gasteiger partial charge is 0.456 e. The van der Waals surface area contributed by atoms with Crippen LogP contribution in [0.5, 0.6) is 11.5 Å². The average Bonchev–Trinajstić information content (AvgIpc) is 2.99. The van der Waals surface area contributed by atoms with Gasteiger partial charge in [-0.05, 0) is 55.5 Å². The molecule has 3 nitrogen and oxygen atoms in total. The molecule has 2 fully saturated rings. The van der Waals surface area contributed by atoms with E-state index in [-0.39, 0.29) is 0 Å². The third-order valence-corrected chi connectivity index (χ3v) is 6.69. The SMILES string of the molecule is c1ccc(CN2C3CCC2CC(=C2c4ccccc4Oc4ccccc42)C3)nc1. The molecule has 1 aromatic heterocycles. The molecule has 0 aliphatic carbocycles. The first-order chi connectivity index (χ1) is 14.4. The number of nitrogens with zero attached hydrogens (tertiary/aromatic N) is 2. The van der Waals surface area contributed by atoms with Crippen molar-refractivity contribution in [2.24, 2.45) is 0 Å². The van der Waals surface area contributed by atoms with Crippen molar-refractivity contribution in [1.82, 2.24) is 9.88 Å². The summed E-state index contributed by atoms with van der Waals surface area (Å²) in [5.41, 5.74) is 6.69. The highest BCUT2D eigenvalue weighted by molar-refractivity contribution is 5.89. The number of hydrogen-bond acceptors (Lipinski definition) is 3. The van der Waals surface area contributed by atoms with Crippen LogP contribution in [-0.4, -0.2) is 22.0 Å². The van der Waals surface area contributed by atoms with E-state index in [0.717, 1.165) is 30.9 Å². The number of para-hydroxylation sites is 2. The molecule has 6 rings (SSSR count). The molecule has 2 unspecified atom stereocenters. The van der Waals surface area contributed by atoms with Gasteiger partial charge in [0.05, 0.1) is 5.69 Å². The summed E-state index contributed by atoms with van der Waals surface area (Å²) in [5.74, 6) is 1.97. The van der Waals surface area contributed by atoms with Gasteiger partial charge in [0.1, 0.15) is 11.5 Å². The summed E-state index contributed by atoms with van der Waals surface area (Å²) < 4.78 is 6.22. The Morgan fingerprint density at radius 2 is 1.41 bits per heavy atom. The smallest absolute Gasteiger partial charge is 0.135 e. The first kappa shape index (κ1) is 17.0. The summed E-state index contributed by atoms with van der Waals surface area (Å²) in [6, 6.07) is 24.5. The number of ether oxygens (including phenoxy) is 1. The van der Waals surface area contributed by atoms with E-state index < -0.39 is 0 Å². The van der Waals surface area contributed by atoms with Crippen molar-refractivity contribution < 1.29 is 4.74 Å². The number of pyridine rings is 1. The van der Waals surface area contributed by atoms with Crippen LogP contribution >= 0.6 is 0 Å². The fraction of sp³-hybridized carbons (Fsp3) is 0.269. The second-order valence-electron chi connectivity index (χ2n) is 8.36. The van der Waals surface area contributed by atoms with Crippen LogP contribution in [0.25, 0.3) is 5.57 Å². The third kappa shape index (κ3) is 2.89. The molecule has 29 heavy (non-hydrogen) atoms. The number of benzene rings is 2. The fourth-order valence-corrected chi connectivity index (χ4v) is 5.42. The number of aromatic nitrogens is 1. The lowest BCUT2D eigenvalue weighted by atomic mass is 9.84. The fourth-order valence-electron chi connectivity index (χ4n) is 5.42. The lowest BCUT2D eigenvalue weighted by Gasteiger charge is -2.38. The first-order valence-corrected chi connectivity index (χ1v) is 10.6. The van der Waals surface area contributed by atoms with Crippen LogP contribution in [0.4, 0.5) is 0 Å². The minimum Gasteiger partial charge on any atom is -0.456 e. The predicted molar refractivity (Wildman–Crippen MR) is 115 cm³/mol. The maximum Gasteiger partial charge on any atom is 0.135 e. The molecule has 0 N–H and O–H groups in total. The number of rotatable bonds is 2. The maximum atomic E-state index is 6.22. The van der Waals surface area contributed by atoms with Gasteiger partial charge in [0.15, 0.2) is 0 Å². The Labute approximate surface area is 171 Å². The molecular weight excluding hydrogens is 356 g/mol. The Bertz CT molecular complexity index is 1030. The van der Waals surface area contributed by atoms with Gasteiger partial charge in [-0.3, -0.25) is 9.88 Å². The Balaban J connectivity index is 1.40. The van der Waals surface area contributed by atoms with Gasteiger partial charge in [-0.2, -0.15) is 0 Å². The molecule has 3 aromatic rings. The van der Waals surface area contributed by atoms with Crippen molar-refractivity contribution in [3.8, 4) is 11.5 Å². The number of hydrogen-bond donors (Lipinski definition) is 0. The maximum absolute atomic E-state index is 6.22. The van der Waals surface area contributed by atoms with E-state index in [0.29, 0.717) is 12.1 Å². The van der Waals surface area contributed by atoms with Gasteiger partial charge in [-0.15, -0.1) is 0 Å². The topological polar surface area (TPSA) is 25.4 Å². The van der Waals surface area contributed by atoms with Crippen molar-refractivity contribution >= 4 is 5.57 Å². The highest BCUT2D eigenvalue weighted by Gasteiger charge is 2.40. The Kier molecular flexibility index (Phi) is 4.02. The van der Waals surface area contributed by atoms with Gasteiger partial charge in [-0.1, -0.05) is 48.0 Å². The van der Waals surface area contributed by atoms with Crippen molar-refractivity contribution in [2.45, 2.75) is 44.3 Å². The van der Waals surface area contributed by atoms with Crippen LogP contribution in [0.2, 0.25) is 0 Å². The molecule has 144 valence electrons. The summed E-state index contributed by atoms with van der Waals surface area (Å²) in [6.07, 6.45) is 6.76. The molecule has 0 spiro atoms. The van der Waals surface area contributed by atoms with Crippen LogP contribution in [0.15, 0.2) is 78.5 Å². The number of fused-ring (bicyclic) bond motifs is 4. The summed E-state index contributed by atoms with van der Waals surface area (Å²) in [6.45, 7) is 0.967. The van der Waals surface area contributed by atoms with Crippen molar-refractivity contribution in [3.05, 3.63) is 95.3 Å². The molecule has 3 aliphatic heterocycles. The van der Waals surface area contributed by atoms with E-state index in [2.05, 4.69) is 70.5 Å². The van der Waals surface area contributed by atoms with Crippen LogP contribution < -0.4 is 4.74 Å². The van der Waals surface area contributed by atoms with Crippen LogP contribution in [0.1, 0.15) is 42.5 Å². The molecule has 2 saturated heterocycles. The quantitative estimate of drug-likeness (QED) is 0.438. The zero-order chi connectivity index (χ0) is 19.2. The minimum atomic E-state index is 0.612. The standard InChI is InChI=1S/C26H24N2O/c1-3-10-24-22(8-1)26(23-9-2-4-11-25(23)29-24)18-15-20-12-13-21(16-18)28(20)17-19-7-5-6-14-27-19/h1-11,14,20-21H,12-13,15-17H2. The van der Waals surface area contributed by atoms with Gasteiger partial charge >= 0.3 is 0 Å². The average molecular weight is 380 g/mol. The molecule has 0 radical (unpaired) electrons. The molecule has 2 atom stereocenters. The van der Waals surface area contributed by atoms with Gasteiger partial charge < -0.3 is 4.74 Å². The van der Waals surface area contributed by atoms with Gasteiger partial charge in [-0.25, -0.2) is 0 Å². The molecule has 3 heteroatoms. The Morgan fingerprint density at radius 1 is 0.793 bits per heavy atom. The Morgan fingerprint density at radius 3 is 2.03 bits per heavy atom. The van der Waals surface area contributed by atoms with E-state index in [1.54, 1.807) is 5.57 Å². The lowest BCUT2D eigenvalue weighted by Crippen LogP contribution is -2.40. The van der Waals surface area contributed by atoms with E-state index in [4.69, 9.17) is 4.74 Å². The lowest BCUT2D eigenvalue weighted by molar-refractivity contribution is 0.156. The second kappa shape index (κ2) is 6.85. The molecule has 2 aromatic carbocycles. The molecule has 4 heterocycles. The van der Waals surface area contributed by atoms with E-state index in [1.165, 1.54) is 35.2 Å². The normalized spacial score (nSPS) is 22.8. The molecule has 0 saturated carbocycles. The van der Waals surface area contributed by atoms with Crippen LogP contribution in [-0.2, 0) is 6.54 Å². The minimum absolute atomic E-state index is 0.612. The molecule has 2 bridgehead atoms. The third-order valence-electron chi connectivity index (χ3n) is 6.69. The monoisotopic (exact) mass is 380 g/mol. The van der Waals surface area contributed by atoms with Gasteiger partial charge in [0.2, 0.25) is 0 Å². The molecular formula is C26H24N2O. The van der Waals surface area contributed by atoms with Crippen LogP contribution in [0.3, 0.4) is 0 Å². The van der Waals surface area contributed by atoms with Crippen molar-refractivity contribution in [3.63, 3.8) is 0 Å². The van der Waals surface area contributed by atoms with Gasteiger partial charge in [0, 0.05) is 36.0 Å². The van der Waals surface area contributed by atoms with E-state index >= 15 is 0 Å².